The van der Waals surface area contributed by atoms with Gasteiger partial charge in [-0.25, -0.2) is 0 Å². The van der Waals surface area contributed by atoms with E-state index in [4.69, 9.17) is 4.74 Å². The zero-order valence-corrected chi connectivity index (χ0v) is 13.6. The molecule has 0 saturated carbocycles. The van der Waals surface area contributed by atoms with E-state index in [0.717, 1.165) is 12.8 Å². The van der Waals surface area contributed by atoms with Crippen molar-refractivity contribution >= 4 is 5.97 Å². The molecule has 0 bridgehead atoms. The Morgan fingerprint density at radius 2 is 1.81 bits per heavy atom. The molecular weight excluding hydrogens is 264 g/mol. The van der Waals surface area contributed by atoms with Gasteiger partial charge in [0.25, 0.3) is 0 Å². The van der Waals surface area contributed by atoms with Crippen LogP contribution in [0.2, 0.25) is 0 Å². The van der Waals surface area contributed by atoms with Gasteiger partial charge < -0.3 is 9.84 Å². The second-order valence-electron chi connectivity index (χ2n) is 6.26. The lowest BCUT2D eigenvalue weighted by atomic mass is 9.79. The minimum atomic E-state index is -0.569. The van der Waals surface area contributed by atoms with Gasteiger partial charge in [0.05, 0.1) is 11.5 Å². The lowest BCUT2D eigenvalue weighted by Crippen LogP contribution is -2.31. The number of aliphatic hydroxyl groups is 1. The lowest BCUT2D eigenvalue weighted by Gasteiger charge is -2.28. The summed E-state index contributed by atoms with van der Waals surface area (Å²) in [6.45, 7) is 7.92. The molecule has 0 heterocycles. The first-order chi connectivity index (χ1) is 9.90. The number of carbonyl (C=O) groups is 1. The van der Waals surface area contributed by atoms with Gasteiger partial charge in [0, 0.05) is 0 Å². The fraction of sp³-hybridized carbons (Fsp3) is 0.611. The Bertz CT molecular complexity index is 425. The number of hydrogen-bond donors (Lipinski definition) is 1. The van der Waals surface area contributed by atoms with Crippen LogP contribution in [0.15, 0.2) is 30.3 Å². The van der Waals surface area contributed by atoms with Gasteiger partial charge in [-0.2, -0.15) is 0 Å². The summed E-state index contributed by atoms with van der Waals surface area (Å²) in [6.07, 6.45) is 1.75. The molecule has 0 aliphatic heterocycles. The van der Waals surface area contributed by atoms with E-state index in [1.807, 2.05) is 39.0 Å². The van der Waals surface area contributed by atoms with E-state index in [0.29, 0.717) is 12.3 Å². The Kier molecular flexibility index (Phi) is 6.90. The molecule has 0 saturated heterocycles. The molecule has 3 nitrogen and oxygen atoms in total. The van der Waals surface area contributed by atoms with Crippen LogP contribution in [0.4, 0.5) is 0 Å². The predicted molar refractivity (Wildman–Crippen MR) is 85.1 cm³/mol. The van der Waals surface area contributed by atoms with Crippen LogP contribution in [0.1, 0.15) is 58.4 Å². The van der Waals surface area contributed by atoms with Crippen molar-refractivity contribution in [3.8, 4) is 0 Å². The van der Waals surface area contributed by atoms with Crippen molar-refractivity contribution in [3.63, 3.8) is 0 Å². The maximum Gasteiger partial charge on any atom is 0.311 e. The third-order valence-corrected chi connectivity index (χ3v) is 3.95. The third-order valence-electron chi connectivity index (χ3n) is 3.95. The molecule has 0 aliphatic rings. The highest BCUT2D eigenvalue weighted by atomic mass is 16.5. The van der Waals surface area contributed by atoms with Crippen molar-refractivity contribution in [2.45, 2.75) is 59.0 Å². The zero-order chi connectivity index (χ0) is 15.9. The highest BCUT2D eigenvalue weighted by molar-refractivity contribution is 5.76. The monoisotopic (exact) mass is 292 g/mol. The Labute approximate surface area is 128 Å². The highest BCUT2D eigenvalue weighted by Crippen LogP contribution is 2.34. The molecular formula is C18H28O3. The number of hydrogen-bond acceptors (Lipinski definition) is 3. The maximum atomic E-state index is 12.2. The van der Waals surface area contributed by atoms with Gasteiger partial charge in [-0.05, 0) is 44.6 Å². The summed E-state index contributed by atoms with van der Waals surface area (Å²) in [5.41, 5.74) is 0.707. The Hall–Kier alpha value is -1.35. The van der Waals surface area contributed by atoms with Gasteiger partial charge in [-0.1, -0.05) is 44.2 Å². The molecule has 2 unspecified atom stereocenters. The summed E-state index contributed by atoms with van der Waals surface area (Å²) >= 11 is 0. The first kappa shape index (κ1) is 17.7. The van der Waals surface area contributed by atoms with Gasteiger partial charge in [0.2, 0.25) is 0 Å². The van der Waals surface area contributed by atoms with Crippen LogP contribution in [0, 0.1) is 5.41 Å². The van der Waals surface area contributed by atoms with Crippen LogP contribution in [0.25, 0.3) is 0 Å². The lowest BCUT2D eigenvalue weighted by molar-refractivity contribution is -0.157. The summed E-state index contributed by atoms with van der Waals surface area (Å²) in [7, 11) is 0. The van der Waals surface area contributed by atoms with Gasteiger partial charge >= 0.3 is 5.97 Å². The van der Waals surface area contributed by atoms with Crippen LogP contribution >= 0.6 is 0 Å². The topological polar surface area (TPSA) is 46.5 Å². The van der Waals surface area contributed by atoms with E-state index in [1.54, 1.807) is 0 Å². The zero-order valence-electron chi connectivity index (χ0n) is 13.6. The van der Waals surface area contributed by atoms with Crippen molar-refractivity contribution in [2.24, 2.45) is 5.41 Å². The van der Waals surface area contributed by atoms with Gasteiger partial charge in [-0.3, -0.25) is 4.79 Å². The predicted octanol–water partition coefficient (Wildman–Crippen LogP) is 3.91. The smallest absolute Gasteiger partial charge is 0.311 e. The fourth-order valence-corrected chi connectivity index (χ4v) is 2.41. The van der Waals surface area contributed by atoms with E-state index in [2.05, 4.69) is 19.1 Å². The quantitative estimate of drug-likeness (QED) is 0.739. The van der Waals surface area contributed by atoms with E-state index in [-0.39, 0.29) is 12.6 Å². The first-order valence-corrected chi connectivity index (χ1v) is 7.81. The summed E-state index contributed by atoms with van der Waals surface area (Å²) < 4.78 is 5.25. The standard InChI is InChI=1S/C18H28O3/c1-5-14(15-10-8-7-9-11-15)12-18(3,4)17(20)21-13-16(19)6-2/h7-11,14,16,19H,5-6,12-13H2,1-4H3. The minimum absolute atomic E-state index is 0.0842. The van der Waals surface area contributed by atoms with Gasteiger partial charge in [-0.15, -0.1) is 0 Å². The van der Waals surface area contributed by atoms with E-state index in [1.165, 1.54) is 5.56 Å². The molecule has 0 radical (unpaired) electrons. The van der Waals surface area contributed by atoms with Crippen molar-refractivity contribution in [1.82, 2.24) is 0 Å². The number of rotatable bonds is 8. The van der Waals surface area contributed by atoms with Gasteiger partial charge in [0.1, 0.15) is 6.61 Å². The number of aliphatic hydroxyl groups excluding tert-OH is 1. The molecule has 2 atom stereocenters. The van der Waals surface area contributed by atoms with E-state index >= 15 is 0 Å². The van der Waals surface area contributed by atoms with Crippen molar-refractivity contribution in [1.29, 1.82) is 0 Å². The molecule has 1 aromatic rings. The molecule has 0 fully saturated rings. The largest absolute Gasteiger partial charge is 0.463 e. The molecule has 118 valence electrons. The van der Waals surface area contributed by atoms with Crippen molar-refractivity contribution in [2.75, 3.05) is 6.61 Å². The maximum absolute atomic E-state index is 12.2. The molecule has 3 heteroatoms. The molecule has 21 heavy (non-hydrogen) atoms. The minimum Gasteiger partial charge on any atom is -0.463 e. The van der Waals surface area contributed by atoms with Crippen LogP contribution in [-0.4, -0.2) is 23.8 Å². The van der Waals surface area contributed by atoms with E-state index in [9.17, 15) is 9.90 Å². The van der Waals surface area contributed by atoms with Crippen molar-refractivity contribution in [3.05, 3.63) is 35.9 Å². The molecule has 1 rings (SSSR count). The van der Waals surface area contributed by atoms with Crippen LogP contribution in [0.5, 0.6) is 0 Å². The summed E-state index contributed by atoms with van der Waals surface area (Å²) in [5.74, 6) is 0.106. The van der Waals surface area contributed by atoms with Crippen LogP contribution in [0.3, 0.4) is 0 Å². The second-order valence-corrected chi connectivity index (χ2v) is 6.26. The van der Waals surface area contributed by atoms with E-state index < -0.39 is 11.5 Å². The fourth-order valence-electron chi connectivity index (χ4n) is 2.41. The number of esters is 1. The van der Waals surface area contributed by atoms with Crippen LogP contribution < -0.4 is 0 Å². The molecule has 0 amide bonds. The number of ether oxygens (including phenoxy) is 1. The molecule has 0 aromatic heterocycles. The molecule has 0 spiro atoms. The second kappa shape index (κ2) is 8.18. The Balaban J connectivity index is 2.66. The highest BCUT2D eigenvalue weighted by Gasteiger charge is 2.32. The SMILES string of the molecule is CCC(O)COC(=O)C(C)(C)CC(CC)c1ccccc1. The summed E-state index contributed by atoms with van der Waals surface area (Å²) in [5, 5.41) is 9.50. The molecule has 1 aromatic carbocycles. The van der Waals surface area contributed by atoms with Gasteiger partial charge in [0.15, 0.2) is 0 Å². The summed E-state index contributed by atoms with van der Waals surface area (Å²) in [4.78, 5) is 12.2. The molecule has 0 aliphatic carbocycles. The number of carbonyl (C=O) groups excluding carboxylic acids is 1. The average molecular weight is 292 g/mol. The number of benzene rings is 1. The van der Waals surface area contributed by atoms with Crippen molar-refractivity contribution < 1.29 is 14.6 Å². The third kappa shape index (κ3) is 5.50. The Morgan fingerprint density at radius 1 is 1.19 bits per heavy atom. The summed E-state index contributed by atoms with van der Waals surface area (Å²) in [6, 6.07) is 10.3. The normalized spacial score (nSPS) is 14.5. The molecule has 1 N–H and O–H groups in total. The first-order valence-electron chi connectivity index (χ1n) is 7.81. The van der Waals surface area contributed by atoms with Crippen LogP contribution in [-0.2, 0) is 9.53 Å². The Morgan fingerprint density at radius 3 is 2.33 bits per heavy atom. The average Bonchev–Trinajstić information content (AvgIpc) is 2.50.